The molecular weight excluding hydrogens is 300 g/mol. The summed E-state index contributed by atoms with van der Waals surface area (Å²) in [5.74, 6) is -0.118. The third-order valence-corrected chi connectivity index (χ3v) is 4.05. The van der Waals surface area contributed by atoms with Gasteiger partial charge >= 0.3 is 11.3 Å². The molecule has 0 aliphatic carbocycles. The number of hydrogen-bond acceptors (Lipinski definition) is 4. The van der Waals surface area contributed by atoms with E-state index in [2.05, 4.69) is 5.27 Å². The average molecular weight is 313 g/mol. The molecule has 0 atom stereocenters. The van der Waals surface area contributed by atoms with Gasteiger partial charge in [0.05, 0.1) is 5.75 Å². The lowest BCUT2D eigenvalue weighted by Crippen LogP contribution is -2.41. The topological polar surface area (TPSA) is 67.0 Å². The molecule has 3 aromatic rings. The molecule has 1 aromatic heterocycles. The van der Waals surface area contributed by atoms with Crippen molar-refractivity contribution < 1.29 is 14.0 Å². The van der Waals surface area contributed by atoms with Crippen molar-refractivity contribution in [1.29, 1.82) is 0 Å². The Bertz CT molecular complexity index is 825. The summed E-state index contributed by atoms with van der Waals surface area (Å²) in [6.07, 6.45) is 0. The number of ketones is 1. The minimum atomic E-state index is -0.664. The molecule has 0 aliphatic heterocycles. The van der Waals surface area contributed by atoms with Crippen LogP contribution in [0, 0.1) is 0 Å². The number of H-pyrrole nitrogens is 1. The summed E-state index contributed by atoms with van der Waals surface area (Å²) in [5.41, 5.74) is -0.00134. The second kappa shape index (κ2) is 6.44. The monoisotopic (exact) mass is 313 g/mol. The van der Waals surface area contributed by atoms with E-state index in [0.717, 1.165) is 4.90 Å². The lowest BCUT2D eigenvalue weighted by atomic mass is 10.3. The van der Waals surface area contributed by atoms with E-state index in [1.54, 1.807) is 12.1 Å². The molecule has 110 valence electrons. The van der Waals surface area contributed by atoms with Crippen LogP contribution in [0.4, 0.5) is 0 Å². The Labute approximate surface area is 130 Å². The number of benzene rings is 2. The summed E-state index contributed by atoms with van der Waals surface area (Å²) in [6.45, 7) is 0. The van der Waals surface area contributed by atoms with E-state index in [1.165, 1.54) is 16.4 Å². The highest BCUT2D eigenvalue weighted by Crippen LogP contribution is 2.17. The van der Waals surface area contributed by atoms with Crippen molar-refractivity contribution in [3.8, 4) is 5.69 Å². The molecule has 0 saturated carbocycles. The number of para-hydroxylation sites is 1. The first-order valence-corrected chi connectivity index (χ1v) is 7.64. The average Bonchev–Trinajstić information content (AvgIpc) is 2.96. The van der Waals surface area contributed by atoms with Crippen LogP contribution in [0.25, 0.3) is 5.69 Å². The van der Waals surface area contributed by atoms with Gasteiger partial charge in [0.25, 0.3) is 0 Å². The number of carbonyl (C=O) groups excluding carboxylic acids is 1. The van der Waals surface area contributed by atoms with Crippen LogP contribution in [0.2, 0.25) is 0 Å². The molecule has 6 heteroatoms. The number of hydrogen-bond donors (Lipinski definition) is 1. The van der Waals surface area contributed by atoms with E-state index in [1.807, 2.05) is 48.5 Å². The van der Waals surface area contributed by atoms with Crippen molar-refractivity contribution in [2.24, 2.45) is 0 Å². The Morgan fingerprint density at radius 2 is 1.68 bits per heavy atom. The van der Waals surface area contributed by atoms with Gasteiger partial charge in [0.1, 0.15) is 0 Å². The van der Waals surface area contributed by atoms with Gasteiger partial charge in [-0.05, 0) is 22.1 Å². The van der Waals surface area contributed by atoms with Gasteiger partial charge in [0, 0.05) is 17.0 Å². The molecule has 1 N–H and O–H groups in total. The minimum Gasteiger partial charge on any atom is -0.286 e. The molecule has 0 radical (unpaired) electrons. The van der Waals surface area contributed by atoms with Crippen LogP contribution >= 0.6 is 11.8 Å². The smallest absolute Gasteiger partial charge is 0.286 e. The van der Waals surface area contributed by atoms with Crippen molar-refractivity contribution in [2.75, 3.05) is 5.75 Å². The van der Waals surface area contributed by atoms with Gasteiger partial charge in [-0.1, -0.05) is 36.4 Å². The quantitative estimate of drug-likeness (QED) is 0.445. The van der Waals surface area contributed by atoms with Crippen LogP contribution in [0.15, 0.2) is 74.9 Å². The normalized spacial score (nSPS) is 10.5. The molecule has 0 saturated heterocycles. The minimum absolute atomic E-state index is 0.00497. The molecule has 1 heterocycles. The molecule has 0 fully saturated rings. The van der Waals surface area contributed by atoms with Crippen molar-refractivity contribution in [3.63, 3.8) is 0 Å². The molecule has 0 spiro atoms. The van der Waals surface area contributed by atoms with E-state index < -0.39 is 5.63 Å². The first-order valence-electron chi connectivity index (χ1n) is 6.66. The number of aromatic amines is 1. The zero-order chi connectivity index (χ0) is 15.4. The van der Waals surface area contributed by atoms with Crippen molar-refractivity contribution in [1.82, 2.24) is 5.27 Å². The molecule has 3 rings (SSSR count). The highest BCUT2D eigenvalue weighted by molar-refractivity contribution is 8.00. The number of rotatable bonds is 5. The molecule has 2 aromatic carbocycles. The third kappa shape index (κ3) is 3.01. The van der Waals surface area contributed by atoms with Crippen LogP contribution in [0.3, 0.4) is 0 Å². The van der Waals surface area contributed by atoms with Gasteiger partial charge in [-0.15, -0.1) is 11.8 Å². The predicted octanol–water partition coefficient (Wildman–Crippen LogP) is 2.22. The summed E-state index contributed by atoms with van der Waals surface area (Å²) in [6, 6.07) is 18.6. The maximum atomic E-state index is 12.4. The van der Waals surface area contributed by atoms with Gasteiger partial charge in [0.2, 0.25) is 11.5 Å². The molecule has 22 heavy (non-hydrogen) atoms. The van der Waals surface area contributed by atoms with E-state index in [4.69, 9.17) is 4.52 Å². The fraction of sp³-hybridized carbons (Fsp3) is 0.0625. The standard InChI is InChI=1S/C16H12N2O3S/c19-14(11-22-13-9-5-2-6-10-13)15-16(20)21-17-18(15)12-7-3-1-4-8-12/h1-10H,11H2/p+1. The Balaban J connectivity index is 1.84. The highest BCUT2D eigenvalue weighted by atomic mass is 32.2. The summed E-state index contributed by atoms with van der Waals surface area (Å²) in [4.78, 5) is 25.2. The Morgan fingerprint density at radius 1 is 1.05 bits per heavy atom. The first-order chi connectivity index (χ1) is 10.8. The van der Waals surface area contributed by atoms with Crippen LogP contribution in [0.1, 0.15) is 10.5 Å². The fourth-order valence-electron chi connectivity index (χ4n) is 2.00. The van der Waals surface area contributed by atoms with Gasteiger partial charge in [-0.3, -0.25) is 9.32 Å². The summed E-state index contributed by atoms with van der Waals surface area (Å²) in [5, 5.41) is 2.47. The lowest BCUT2D eigenvalue weighted by Gasteiger charge is -1.97. The fourth-order valence-corrected chi connectivity index (χ4v) is 2.79. The van der Waals surface area contributed by atoms with Crippen LogP contribution in [-0.2, 0) is 0 Å². The largest absolute Gasteiger partial charge is 0.438 e. The SMILES string of the molecule is O=C(CSc1ccccc1)c1c(=O)o[nH][n+]1-c1ccccc1. The predicted molar refractivity (Wildman–Crippen MR) is 82.4 cm³/mol. The van der Waals surface area contributed by atoms with Crippen LogP contribution in [-0.4, -0.2) is 16.8 Å². The summed E-state index contributed by atoms with van der Waals surface area (Å²) < 4.78 is 6.15. The molecule has 5 nitrogen and oxygen atoms in total. The van der Waals surface area contributed by atoms with Gasteiger partial charge in [0.15, 0.2) is 0 Å². The van der Waals surface area contributed by atoms with Gasteiger partial charge in [-0.2, -0.15) is 0 Å². The Morgan fingerprint density at radius 3 is 2.36 bits per heavy atom. The van der Waals surface area contributed by atoms with Crippen LogP contribution in [0.5, 0.6) is 0 Å². The zero-order valence-electron chi connectivity index (χ0n) is 11.6. The maximum Gasteiger partial charge on any atom is 0.438 e. The third-order valence-electron chi connectivity index (χ3n) is 3.04. The highest BCUT2D eigenvalue weighted by Gasteiger charge is 2.30. The van der Waals surface area contributed by atoms with E-state index in [-0.39, 0.29) is 17.2 Å². The van der Waals surface area contributed by atoms with Crippen molar-refractivity contribution in [2.45, 2.75) is 4.90 Å². The Kier molecular flexibility index (Phi) is 4.20. The van der Waals surface area contributed by atoms with Crippen molar-refractivity contribution in [3.05, 3.63) is 76.8 Å². The number of nitrogens with zero attached hydrogens (tertiary/aromatic N) is 1. The second-order valence-corrected chi connectivity index (χ2v) is 5.57. The number of carbonyl (C=O) groups is 1. The number of thioether (sulfide) groups is 1. The lowest BCUT2D eigenvalue weighted by molar-refractivity contribution is -0.672. The first kappa shape index (κ1) is 14.3. The second-order valence-electron chi connectivity index (χ2n) is 4.53. The van der Waals surface area contributed by atoms with Crippen LogP contribution < -0.4 is 10.3 Å². The molecule has 0 unspecified atom stereocenters. The maximum absolute atomic E-state index is 12.4. The summed E-state index contributed by atoms with van der Waals surface area (Å²) >= 11 is 1.38. The molecule has 0 amide bonds. The number of nitrogens with one attached hydrogen (secondary N) is 1. The van der Waals surface area contributed by atoms with Crippen molar-refractivity contribution >= 4 is 17.5 Å². The molecule has 0 aliphatic rings. The van der Waals surface area contributed by atoms with E-state index in [0.29, 0.717) is 5.69 Å². The molecule has 0 bridgehead atoms. The van der Waals surface area contributed by atoms with E-state index in [9.17, 15) is 9.59 Å². The van der Waals surface area contributed by atoms with Gasteiger partial charge in [-0.25, -0.2) is 4.79 Å². The summed E-state index contributed by atoms with van der Waals surface area (Å²) in [7, 11) is 0. The molecular formula is C16H13N2O3S+. The number of aromatic nitrogens is 2. The van der Waals surface area contributed by atoms with Gasteiger partial charge < -0.3 is 0 Å². The number of Topliss-reactive ketones (excluding diaryl/α,β-unsaturated/α-hetero) is 1. The van der Waals surface area contributed by atoms with E-state index >= 15 is 0 Å². The zero-order valence-corrected chi connectivity index (χ0v) is 12.4. The Hall–Kier alpha value is -2.60.